The van der Waals surface area contributed by atoms with Crippen LogP contribution >= 0.6 is 0 Å². The van der Waals surface area contributed by atoms with Gasteiger partial charge in [0.2, 0.25) is 5.91 Å². The van der Waals surface area contributed by atoms with Crippen LogP contribution in [-0.2, 0) is 19.2 Å². The number of nitrogens with one attached hydrogen (secondary N) is 2. The summed E-state index contributed by atoms with van der Waals surface area (Å²) >= 11 is 0. The van der Waals surface area contributed by atoms with Crippen molar-refractivity contribution in [2.24, 2.45) is 46.3 Å². The van der Waals surface area contributed by atoms with E-state index in [1.54, 1.807) is 0 Å². The van der Waals surface area contributed by atoms with Gasteiger partial charge in [0.1, 0.15) is 6.54 Å². The van der Waals surface area contributed by atoms with Gasteiger partial charge < -0.3 is 10.2 Å². The summed E-state index contributed by atoms with van der Waals surface area (Å²) in [5, 5.41) is 2.83. The van der Waals surface area contributed by atoms with Crippen molar-refractivity contribution in [2.45, 2.75) is 77.0 Å². The van der Waals surface area contributed by atoms with Gasteiger partial charge in [-0.3, -0.25) is 9.59 Å². The minimum atomic E-state index is -0.578. The van der Waals surface area contributed by atoms with Crippen molar-refractivity contribution in [3.8, 4) is 0 Å². The van der Waals surface area contributed by atoms with E-state index in [-0.39, 0.29) is 29.2 Å². The Balaban J connectivity index is 1.01. The minimum Gasteiger partial charge on any atom is -0.345 e. The fourth-order valence-electron chi connectivity index (χ4n) is 9.37. The molecule has 0 aromatic carbocycles. The van der Waals surface area contributed by atoms with E-state index in [1.807, 2.05) is 0 Å². The predicted octanol–water partition coefficient (Wildman–Crippen LogP) is 3.11. The smallest absolute Gasteiger partial charge is 0.345 e. The SMILES string of the molecule is O=C(CNC(=O)C12CC3CC(CC(C3)C1)C2)ONC(=O)C12CC3CC(CC(C3)C1)C2. The second-order valence-corrected chi connectivity index (χ2v) is 12.0. The van der Waals surface area contributed by atoms with Crippen LogP contribution in [0.15, 0.2) is 0 Å². The van der Waals surface area contributed by atoms with Crippen LogP contribution in [0.2, 0.25) is 0 Å². The lowest BCUT2D eigenvalue weighted by atomic mass is 9.49. The van der Waals surface area contributed by atoms with Crippen molar-refractivity contribution in [1.82, 2.24) is 10.8 Å². The maximum Gasteiger partial charge on any atom is 0.351 e. The van der Waals surface area contributed by atoms with Crippen LogP contribution in [0, 0.1) is 46.3 Å². The average Bonchev–Trinajstić information content (AvgIpc) is 2.68. The zero-order chi connectivity index (χ0) is 20.5. The van der Waals surface area contributed by atoms with Crippen molar-refractivity contribution in [2.75, 3.05) is 6.54 Å². The summed E-state index contributed by atoms with van der Waals surface area (Å²) in [6.45, 7) is -0.165. The quantitative estimate of drug-likeness (QED) is 0.693. The largest absolute Gasteiger partial charge is 0.351 e. The second-order valence-electron chi connectivity index (χ2n) is 12.0. The zero-order valence-corrected chi connectivity index (χ0v) is 17.8. The molecule has 2 N–H and O–H groups in total. The lowest BCUT2D eigenvalue weighted by molar-refractivity contribution is -0.169. The van der Waals surface area contributed by atoms with Crippen molar-refractivity contribution >= 4 is 17.8 Å². The van der Waals surface area contributed by atoms with Gasteiger partial charge in [-0.1, -0.05) is 0 Å². The molecule has 0 radical (unpaired) electrons. The summed E-state index contributed by atoms with van der Waals surface area (Å²) in [5.41, 5.74) is 1.86. The van der Waals surface area contributed by atoms with E-state index in [1.165, 1.54) is 38.5 Å². The summed E-state index contributed by atoms with van der Waals surface area (Å²) < 4.78 is 0. The highest BCUT2D eigenvalue weighted by Crippen LogP contribution is 2.61. The number of hydrogen-bond donors (Lipinski definition) is 2. The molecule has 8 rings (SSSR count). The van der Waals surface area contributed by atoms with E-state index in [2.05, 4.69) is 10.8 Å². The first-order valence-corrected chi connectivity index (χ1v) is 12.2. The molecule has 6 nitrogen and oxygen atoms in total. The number of hydrogen-bond acceptors (Lipinski definition) is 4. The molecule has 0 spiro atoms. The minimum absolute atomic E-state index is 0.0194. The first-order chi connectivity index (χ1) is 14.4. The Bertz CT molecular complexity index is 643. The lowest BCUT2D eigenvalue weighted by Crippen LogP contribution is -2.55. The van der Waals surface area contributed by atoms with Gasteiger partial charge in [-0.2, -0.15) is 5.48 Å². The topological polar surface area (TPSA) is 84.5 Å². The third kappa shape index (κ3) is 3.08. The Kier molecular flexibility index (Phi) is 4.27. The van der Waals surface area contributed by atoms with Crippen LogP contribution in [-0.4, -0.2) is 24.3 Å². The maximum atomic E-state index is 13.0. The third-order valence-corrected chi connectivity index (χ3v) is 9.69. The number of rotatable bonds is 4. The molecular formula is C24H34N2O4. The molecular weight excluding hydrogens is 380 g/mol. The molecule has 0 aromatic rings. The summed E-state index contributed by atoms with van der Waals surface area (Å²) in [4.78, 5) is 43.2. The van der Waals surface area contributed by atoms with Gasteiger partial charge in [0, 0.05) is 5.41 Å². The molecule has 8 aliphatic carbocycles. The van der Waals surface area contributed by atoms with Crippen LogP contribution in [0.5, 0.6) is 0 Å². The molecule has 0 unspecified atom stereocenters. The Labute approximate surface area is 178 Å². The summed E-state index contributed by atoms with van der Waals surface area (Å²) in [7, 11) is 0. The van der Waals surface area contributed by atoms with Crippen molar-refractivity contribution < 1.29 is 19.2 Å². The fraction of sp³-hybridized carbons (Fsp3) is 0.875. The monoisotopic (exact) mass is 414 g/mol. The zero-order valence-electron chi connectivity index (χ0n) is 17.8. The lowest BCUT2D eigenvalue weighted by Gasteiger charge is -2.55. The Morgan fingerprint density at radius 3 is 1.40 bits per heavy atom. The standard InChI is InChI=1S/C24H34N2O4/c27-20(13-25-21(28)23-7-14-1-15(8-23)3-16(2-14)9-23)30-26-22(29)24-10-17-4-18(11-24)6-19(5-17)12-24/h14-19H,1-13H2,(H,25,28)(H,26,29). The highest BCUT2D eigenvalue weighted by atomic mass is 16.7. The van der Waals surface area contributed by atoms with Gasteiger partial charge in [0.15, 0.2) is 0 Å². The van der Waals surface area contributed by atoms with E-state index in [0.29, 0.717) is 35.5 Å². The fourth-order valence-corrected chi connectivity index (χ4v) is 9.37. The Morgan fingerprint density at radius 1 is 0.633 bits per heavy atom. The summed E-state index contributed by atoms with van der Waals surface area (Å²) in [6.07, 6.45) is 13.4. The van der Waals surface area contributed by atoms with Crippen molar-refractivity contribution in [3.05, 3.63) is 0 Å². The first kappa shape index (κ1) is 19.1. The molecule has 2 amide bonds. The van der Waals surface area contributed by atoms with E-state index in [9.17, 15) is 14.4 Å². The van der Waals surface area contributed by atoms with E-state index >= 15 is 0 Å². The molecule has 6 heteroatoms. The first-order valence-electron chi connectivity index (χ1n) is 12.2. The molecule has 8 saturated carbocycles. The van der Waals surface area contributed by atoms with Gasteiger partial charge in [-0.15, -0.1) is 0 Å². The van der Waals surface area contributed by atoms with Crippen LogP contribution in [0.25, 0.3) is 0 Å². The molecule has 164 valence electrons. The molecule has 0 aromatic heterocycles. The molecule has 0 heterocycles. The van der Waals surface area contributed by atoms with Gasteiger partial charge >= 0.3 is 5.97 Å². The van der Waals surface area contributed by atoms with Gasteiger partial charge in [-0.25, -0.2) is 4.79 Å². The third-order valence-electron chi connectivity index (χ3n) is 9.69. The molecule has 0 saturated heterocycles. The maximum absolute atomic E-state index is 13.0. The van der Waals surface area contributed by atoms with Gasteiger partial charge in [0.25, 0.3) is 5.91 Å². The number of amides is 2. The van der Waals surface area contributed by atoms with E-state index in [4.69, 9.17) is 4.84 Å². The molecule has 8 fully saturated rings. The van der Waals surface area contributed by atoms with Crippen molar-refractivity contribution in [1.29, 1.82) is 0 Å². The molecule has 8 aliphatic rings. The number of carbonyl (C=O) groups excluding carboxylic acids is 3. The highest BCUT2D eigenvalue weighted by molar-refractivity contribution is 5.88. The molecule has 30 heavy (non-hydrogen) atoms. The van der Waals surface area contributed by atoms with Crippen molar-refractivity contribution in [3.63, 3.8) is 0 Å². The number of carbonyl (C=O) groups is 3. The van der Waals surface area contributed by atoms with E-state index < -0.39 is 5.97 Å². The second kappa shape index (κ2) is 6.70. The Hall–Kier alpha value is -1.59. The number of hydroxylamine groups is 1. The van der Waals surface area contributed by atoms with Crippen LogP contribution < -0.4 is 10.8 Å². The molecule has 8 bridgehead atoms. The predicted molar refractivity (Wildman–Crippen MR) is 108 cm³/mol. The van der Waals surface area contributed by atoms with Crippen LogP contribution in [0.4, 0.5) is 0 Å². The van der Waals surface area contributed by atoms with E-state index in [0.717, 1.165) is 38.5 Å². The van der Waals surface area contributed by atoms with Crippen LogP contribution in [0.3, 0.4) is 0 Å². The summed E-state index contributed by atoms with van der Waals surface area (Å²) in [5.74, 6) is 3.38. The van der Waals surface area contributed by atoms with Crippen LogP contribution in [0.1, 0.15) is 77.0 Å². The Morgan fingerprint density at radius 2 is 1.00 bits per heavy atom. The van der Waals surface area contributed by atoms with Gasteiger partial charge in [-0.05, 0) is 113 Å². The molecule has 0 aliphatic heterocycles. The molecule has 0 atom stereocenters. The van der Waals surface area contributed by atoms with Gasteiger partial charge in [0.05, 0.1) is 5.41 Å². The summed E-state index contributed by atoms with van der Waals surface area (Å²) in [6, 6.07) is 0. The average molecular weight is 415 g/mol. The normalized spacial score (nSPS) is 47.2. The highest BCUT2D eigenvalue weighted by Gasteiger charge is 2.56.